The first kappa shape index (κ1) is 44.6. The van der Waals surface area contributed by atoms with Gasteiger partial charge in [-0.25, -0.2) is 4.79 Å². The molecule has 1 heterocycles. The number of aliphatic hydroxyl groups excluding tert-OH is 2. The molecule has 0 spiro atoms. The largest absolute Gasteiger partial charge is 0.459 e. The van der Waals surface area contributed by atoms with Gasteiger partial charge in [-0.05, 0) is 103 Å². The highest BCUT2D eigenvalue weighted by molar-refractivity contribution is 6.04. The van der Waals surface area contributed by atoms with E-state index in [0.29, 0.717) is 62.4 Å². The Bertz CT molecular complexity index is 2230. The second-order valence-corrected chi connectivity index (χ2v) is 16.5. The van der Waals surface area contributed by atoms with Gasteiger partial charge in [-0.3, -0.25) is 4.79 Å². The van der Waals surface area contributed by atoms with Gasteiger partial charge in [0, 0.05) is 49.8 Å². The molecule has 62 heavy (non-hydrogen) atoms. The number of hydrogen-bond donors (Lipinski definition) is 3. The number of carbonyl (C=O) groups excluding carboxylic acids is 2. The average molecular weight is 844 g/mol. The fourth-order valence-electron chi connectivity index (χ4n) is 9.90. The number of ether oxygens (including phenoxy) is 3. The minimum absolute atomic E-state index is 0.0217. The zero-order valence-corrected chi connectivity index (χ0v) is 36.0. The van der Waals surface area contributed by atoms with E-state index in [-0.39, 0.29) is 43.5 Å². The fourth-order valence-corrected chi connectivity index (χ4v) is 9.90. The molecule has 2 aliphatic carbocycles. The minimum atomic E-state index is -1.40. The molecule has 1 aliphatic heterocycles. The van der Waals surface area contributed by atoms with Crippen LogP contribution in [0.15, 0.2) is 120 Å². The van der Waals surface area contributed by atoms with Crippen LogP contribution in [0.2, 0.25) is 0 Å². The molecule has 0 radical (unpaired) electrons. The number of rotatable bonds is 20. The van der Waals surface area contributed by atoms with E-state index in [1.807, 2.05) is 96.8 Å². The number of amides is 2. The van der Waals surface area contributed by atoms with Crippen LogP contribution in [0.3, 0.4) is 0 Å². The van der Waals surface area contributed by atoms with E-state index in [0.717, 1.165) is 58.9 Å². The van der Waals surface area contributed by atoms with Crippen LogP contribution in [0.25, 0.3) is 10.8 Å². The molecule has 0 unspecified atom stereocenters. The maximum absolute atomic E-state index is 15.1. The molecule has 7 rings (SSSR count). The number of benzene rings is 4. The van der Waals surface area contributed by atoms with Crippen molar-refractivity contribution in [3.8, 4) is 11.5 Å². The Morgan fingerprint density at radius 1 is 0.935 bits per heavy atom. The first-order chi connectivity index (χ1) is 30.3. The van der Waals surface area contributed by atoms with E-state index in [1.54, 1.807) is 12.1 Å². The summed E-state index contributed by atoms with van der Waals surface area (Å²) in [5.41, 5.74) is 4.06. The highest BCUT2D eigenvalue weighted by atomic mass is 16.7. The fraction of sp³-hybridized carbons (Fsp3) is 0.431. The maximum atomic E-state index is 15.1. The summed E-state index contributed by atoms with van der Waals surface area (Å²) in [6.07, 6.45) is 8.97. The molecule has 11 nitrogen and oxygen atoms in total. The Balaban J connectivity index is 1.39. The number of nitrogens with zero attached hydrogens (tertiary/aromatic N) is 2. The van der Waals surface area contributed by atoms with Crippen LogP contribution in [-0.2, 0) is 16.1 Å². The molecule has 4 aromatic rings. The molecule has 3 N–H and O–H groups in total. The summed E-state index contributed by atoms with van der Waals surface area (Å²) >= 11 is 0. The van der Waals surface area contributed by atoms with Crippen LogP contribution in [0.4, 0.5) is 4.79 Å². The first-order valence-corrected chi connectivity index (χ1v) is 22.3. The molecule has 6 atom stereocenters. The van der Waals surface area contributed by atoms with Gasteiger partial charge in [-0.1, -0.05) is 97.7 Å². The second kappa shape index (κ2) is 21.1. The summed E-state index contributed by atoms with van der Waals surface area (Å²) in [6.45, 7) is 9.45. The van der Waals surface area contributed by atoms with Gasteiger partial charge in [-0.2, -0.15) is 0 Å². The highest BCUT2D eigenvalue weighted by Gasteiger charge is 2.65. The molecule has 0 saturated heterocycles. The second-order valence-electron chi connectivity index (χ2n) is 16.5. The maximum Gasteiger partial charge on any atom is 0.412 e. The number of carbonyl (C=O) groups is 2. The van der Waals surface area contributed by atoms with Crippen molar-refractivity contribution < 1.29 is 38.9 Å². The monoisotopic (exact) mass is 843 g/mol. The number of aliphatic hydroxyl groups is 2. The van der Waals surface area contributed by atoms with Crippen molar-refractivity contribution in [1.29, 1.82) is 0 Å². The summed E-state index contributed by atoms with van der Waals surface area (Å²) in [4.78, 5) is 36.2. The van der Waals surface area contributed by atoms with Crippen LogP contribution in [-0.4, -0.2) is 77.6 Å². The summed E-state index contributed by atoms with van der Waals surface area (Å²) in [5.74, 6) is -1.24. The lowest BCUT2D eigenvalue weighted by Crippen LogP contribution is -2.70. The lowest BCUT2D eigenvalue weighted by molar-refractivity contribution is -0.254. The summed E-state index contributed by atoms with van der Waals surface area (Å²) < 4.78 is 20.4. The van der Waals surface area contributed by atoms with Gasteiger partial charge in [0.05, 0.1) is 18.2 Å². The number of hydrogen-bond acceptors (Lipinski definition) is 9. The lowest BCUT2D eigenvalue weighted by atomic mass is 9.55. The summed E-state index contributed by atoms with van der Waals surface area (Å²) in [5, 5.41) is 29.5. The first-order valence-electron chi connectivity index (χ1n) is 22.3. The Hall–Kier alpha value is -5.49. The molecular weight excluding hydrogens is 783 g/mol. The van der Waals surface area contributed by atoms with Crippen LogP contribution in [0.5, 0.6) is 11.5 Å². The van der Waals surface area contributed by atoms with Gasteiger partial charge in [0.1, 0.15) is 24.1 Å². The molecule has 2 amide bonds. The third-order valence-electron chi connectivity index (χ3n) is 12.5. The Morgan fingerprint density at radius 3 is 2.44 bits per heavy atom. The standard InChI is InChI=1S/C51H61N3O8/c1-4-26-54(49(57)39-23-22-36-18-10-11-19-37(36)30-39)46-33-44(53-60-6-3)42-31-38(20-12-14-27-55)41(21-13-15-28-56)47-43-32-40(61-50(58)52-34-35-16-8-7-9-17-35)24-25-45(43)62-51(46,48(42)47)59-29-5-2/h5,7-11,16-19,22-25,30-32,38,41,46-48,55-56H,2,4,6,12-15,20-21,26-29,33-34H2,1,3H3,(H,52,58)/t38-,41+,46-,47+,48+,51+/m0/s1. The summed E-state index contributed by atoms with van der Waals surface area (Å²) in [6, 6.07) is 28.4. The van der Waals surface area contributed by atoms with Gasteiger partial charge in [0.25, 0.3) is 5.91 Å². The van der Waals surface area contributed by atoms with Crippen molar-refractivity contribution >= 4 is 28.5 Å². The van der Waals surface area contributed by atoms with E-state index in [9.17, 15) is 15.0 Å². The molecular formula is C51H61N3O8. The highest BCUT2D eigenvalue weighted by Crippen LogP contribution is 2.62. The molecule has 1 fully saturated rings. The molecule has 3 aliphatic rings. The van der Waals surface area contributed by atoms with Crippen molar-refractivity contribution in [3.63, 3.8) is 0 Å². The third kappa shape index (κ3) is 9.60. The lowest BCUT2D eigenvalue weighted by Gasteiger charge is -2.60. The molecule has 0 bridgehead atoms. The quantitative estimate of drug-likeness (QED) is 0.0455. The molecule has 328 valence electrons. The predicted molar refractivity (Wildman–Crippen MR) is 241 cm³/mol. The summed E-state index contributed by atoms with van der Waals surface area (Å²) in [7, 11) is 0. The smallest absolute Gasteiger partial charge is 0.412 e. The normalized spacial score (nSPS) is 23.1. The SMILES string of the molecule is C=CCO[C@@]12Oc3ccc(OC(=O)NCc4ccccc4)cc3[C@H]3[C@H](CCCCO)[C@@H](CCCCO)C=C(C(=NOCC)C[C@@H]1N(CCC)C(=O)c1ccc4ccccc4c1)[C@H]32. The molecule has 1 saturated carbocycles. The third-order valence-corrected chi connectivity index (χ3v) is 12.5. The van der Waals surface area contributed by atoms with Crippen molar-refractivity contribution in [2.45, 2.75) is 89.5 Å². The van der Waals surface area contributed by atoms with Crippen molar-refractivity contribution in [2.24, 2.45) is 22.9 Å². The van der Waals surface area contributed by atoms with Crippen LogP contribution < -0.4 is 14.8 Å². The predicted octanol–water partition coefficient (Wildman–Crippen LogP) is 9.33. The Labute approximate surface area is 365 Å². The van der Waals surface area contributed by atoms with Crippen LogP contribution in [0.1, 0.15) is 92.6 Å². The molecule has 4 aromatic carbocycles. The molecule has 11 heteroatoms. The Kier molecular flexibility index (Phi) is 15.1. The topological polar surface area (TPSA) is 139 Å². The van der Waals surface area contributed by atoms with E-state index in [4.69, 9.17) is 24.2 Å². The van der Waals surface area contributed by atoms with E-state index in [2.05, 4.69) is 24.9 Å². The van der Waals surface area contributed by atoms with Crippen molar-refractivity contribution in [2.75, 3.05) is 33.0 Å². The van der Waals surface area contributed by atoms with E-state index in [1.165, 1.54) is 0 Å². The zero-order valence-electron chi connectivity index (χ0n) is 36.0. The minimum Gasteiger partial charge on any atom is -0.459 e. The number of allylic oxidation sites excluding steroid dienone is 1. The number of unbranched alkanes of at least 4 members (excludes halogenated alkanes) is 2. The number of nitrogens with one attached hydrogen (secondary N) is 1. The van der Waals surface area contributed by atoms with Crippen molar-refractivity contribution in [3.05, 3.63) is 132 Å². The van der Waals surface area contributed by atoms with Gasteiger partial charge in [0.2, 0.25) is 5.79 Å². The van der Waals surface area contributed by atoms with E-state index >= 15 is 4.79 Å². The van der Waals surface area contributed by atoms with Gasteiger partial charge in [-0.15, -0.1) is 6.58 Å². The van der Waals surface area contributed by atoms with Gasteiger partial charge >= 0.3 is 6.09 Å². The molecule has 0 aromatic heterocycles. The average Bonchev–Trinajstić information content (AvgIpc) is 3.30. The number of fused-ring (bicyclic) bond motifs is 3. The van der Waals surface area contributed by atoms with Gasteiger partial charge in [0.15, 0.2) is 0 Å². The van der Waals surface area contributed by atoms with Crippen molar-refractivity contribution in [1.82, 2.24) is 10.2 Å². The van der Waals surface area contributed by atoms with Crippen LogP contribution in [0, 0.1) is 17.8 Å². The Morgan fingerprint density at radius 2 is 1.69 bits per heavy atom. The van der Waals surface area contributed by atoms with E-state index < -0.39 is 23.8 Å². The van der Waals surface area contributed by atoms with Gasteiger partial charge < -0.3 is 39.5 Å². The van der Waals surface area contributed by atoms with Crippen LogP contribution >= 0.6 is 0 Å². The number of oxime groups is 1. The zero-order chi connectivity index (χ0) is 43.5.